The average molecular weight is 264 g/mol. The van der Waals surface area contributed by atoms with Gasteiger partial charge in [0.2, 0.25) is 5.91 Å². The zero-order valence-electron chi connectivity index (χ0n) is 12.8. The normalized spacial score (nSPS) is 35.4. The Morgan fingerprint density at radius 3 is 2.63 bits per heavy atom. The van der Waals surface area contributed by atoms with Gasteiger partial charge < -0.3 is 10.2 Å². The number of hydrogen-bond acceptors (Lipinski definition) is 2. The van der Waals surface area contributed by atoms with Crippen LogP contribution in [0.4, 0.5) is 0 Å². The zero-order chi connectivity index (χ0) is 14.2. The number of likely N-dealkylation sites (tertiary alicyclic amines) is 1. The second kappa shape index (κ2) is 5.28. The maximum Gasteiger partial charge on any atom is 0.226 e. The van der Waals surface area contributed by atoms with E-state index in [4.69, 9.17) is 0 Å². The molecule has 1 aliphatic heterocycles. The van der Waals surface area contributed by atoms with Crippen LogP contribution in [-0.4, -0.2) is 36.5 Å². The third kappa shape index (κ3) is 2.71. The summed E-state index contributed by atoms with van der Waals surface area (Å²) in [6, 6.07) is 0. The monoisotopic (exact) mass is 264 g/mol. The van der Waals surface area contributed by atoms with Crippen molar-refractivity contribution in [2.24, 2.45) is 23.7 Å². The first-order valence-electron chi connectivity index (χ1n) is 7.47. The second-order valence-electron chi connectivity index (χ2n) is 7.17. The molecule has 1 N–H and O–H groups in total. The van der Waals surface area contributed by atoms with Crippen molar-refractivity contribution in [2.75, 3.05) is 20.1 Å². The fourth-order valence-electron chi connectivity index (χ4n) is 3.82. The van der Waals surface area contributed by atoms with Gasteiger partial charge in [-0.15, -0.1) is 6.58 Å². The van der Waals surface area contributed by atoms with Gasteiger partial charge in [-0.3, -0.25) is 4.79 Å². The molecule has 4 unspecified atom stereocenters. The van der Waals surface area contributed by atoms with E-state index in [1.165, 1.54) is 0 Å². The highest BCUT2D eigenvalue weighted by atomic mass is 16.2. The van der Waals surface area contributed by atoms with Crippen LogP contribution < -0.4 is 5.32 Å². The van der Waals surface area contributed by atoms with Gasteiger partial charge in [-0.1, -0.05) is 6.08 Å². The number of carbonyl (C=O) groups is 1. The fourth-order valence-corrected chi connectivity index (χ4v) is 3.82. The first-order chi connectivity index (χ1) is 8.88. The summed E-state index contributed by atoms with van der Waals surface area (Å²) >= 11 is 0. The van der Waals surface area contributed by atoms with Gasteiger partial charge in [-0.05, 0) is 65.0 Å². The van der Waals surface area contributed by atoms with Gasteiger partial charge >= 0.3 is 0 Å². The molecule has 1 amide bonds. The predicted octanol–water partition coefficient (Wildman–Crippen LogP) is 2.29. The van der Waals surface area contributed by atoms with E-state index in [2.05, 4.69) is 43.6 Å². The third-order valence-corrected chi connectivity index (χ3v) is 4.89. The summed E-state index contributed by atoms with van der Waals surface area (Å²) in [6.45, 7) is 12.3. The summed E-state index contributed by atoms with van der Waals surface area (Å²) in [5.74, 6) is 2.27. The Morgan fingerprint density at radius 2 is 2.11 bits per heavy atom. The van der Waals surface area contributed by atoms with E-state index >= 15 is 0 Å². The summed E-state index contributed by atoms with van der Waals surface area (Å²) in [5.41, 5.74) is -0.0450. The standard InChI is InChI=1S/C16H28N2O/c1-6-11-7-13-10-18(16(2,3)4)15(19)14(13)8-12(11)9-17-5/h6,11-14,17H,1,7-10H2,2-5H3. The Kier molecular flexibility index (Phi) is 4.05. The molecule has 1 saturated carbocycles. The highest BCUT2D eigenvalue weighted by Gasteiger charge is 2.48. The first kappa shape index (κ1) is 14.6. The number of fused-ring (bicyclic) bond motifs is 1. The quantitative estimate of drug-likeness (QED) is 0.793. The van der Waals surface area contributed by atoms with E-state index < -0.39 is 0 Å². The number of nitrogens with zero attached hydrogens (tertiary/aromatic N) is 1. The SMILES string of the molecule is C=CC1CC2CN(C(C)(C)C)C(=O)C2CC1CNC. The highest BCUT2D eigenvalue weighted by molar-refractivity contribution is 5.82. The van der Waals surface area contributed by atoms with Gasteiger partial charge in [0.15, 0.2) is 0 Å². The summed E-state index contributed by atoms with van der Waals surface area (Å²) in [5, 5.41) is 3.27. The van der Waals surface area contributed by atoms with Crippen molar-refractivity contribution in [3.63, 3.8) is 0 Å². The number of nitrogens with one attached hydrogen (secondary N) is 1. The fraction of sp³-hybridized carbons (Fsp3) is 0.812. The Balaban J connectivity index is 2.14. The van der Waals surface area contributed by atoms with Crippen molar-refractivity contribution in [3.8, 4) is 0 Å². The Morgan fingerprint density at radius 1 is 1.42 bits per heavy atom. The van der Waals surface area contributed by atoms with Crippen LogP contribution in [0, 0.1) is 23.7 Å². The van der Waals surface area contributed by atoms with Crippen LogP contribution in [0.1, 0.15) is 33.6 Å². The number of hydrogen-bond donors (Lipinski definition) is 1. The van der Waals surface area contributed by atoms with Gasteiger partial charge in [0.25, 0.3) is 0 Å². The number of rotatable bonds is 3. The lowest BCUT2D eigenvalue weighted by Gasteiger charge is -2.35. The van der Waals surface area contributed by atoms with E-state index in [1.54, 1.807) is 0 Å². The van der Waals surface area contributed by atoms with Crippen LogP contribution in [-0.2, 0) is 4.79 Å². The lowest BCUT2D eigenvalue weighted by Crippen LogP contribution is -2.43. The minimum Gasteiger partial charge on any atom is -0.337 e. The molecular weight excluding hydrogens is 236 g/mol. The zero-order valence-corrected chi connectivity index (χ0v) is 12.8. The molecule has 19 heavy (non-hydrogen) atoms. The van der Waals surface area contributed by atoms with Crippen molar-refractivity contribution in [1.82, 2.24) is 10.2 Å². The summed E-state index contributed by atoms with van der Waals surface area (Å²) in [6.07, 6.45) is 4.24. The maximum absolute atomic E-state index is 12.6. The molecule has 0 aromatic rings. The molecule has 0 spiro atoms. The van der Waals surface area contributed by atoms with E-state index in [9.17, 15) is 4.79 Å². The van der Waals surface area contributed by atoms with Gasteiger partial charge in [0.05, 0.1) is 0 Å². The molecule has 4 atom stereocenters. The molecule has 108 valence electrons. The number of allylic oxidation sites excluding steroid dienone is 1. The van der Waals surface area contributed by atoms with Crippen LogP contribution >= 0.6 is 0 Å². The molecule has 2 fully saturated rings. The minimum absolute atomic E-state index is 0.0450. The molecule has 3 heteroatoms. The maximum atomic E-state index is 12.6. The number of carbonyl (C=O) groups excluding carboxylic acids is 1. The molecule has 1 aliphatic carbocycles. The van der Waals surface area contributed by atoms with Crippen LogP contribution in [0.15, 0.2) is 12.7 Å². The van der Waals surface area contributed by atoms with Crippen LogP contribution in [0.2, 0.25) is 0 Å². The van der Waals surface area contributed by atoms with Crippen LogP contribution in [0.3, 0.4) is 0 Å². The van der Waals surface area contributed by atoms with E-state index in [1.807, 2.05) is 7.05 Å². The molecule has 0 aromatic heterocycles. The Hall–Kier alpha value is -0.830. The molecule has 2 aliphatic rings. The number of amides is 1. The van der Waals surface area contributed by atoms with E-state index in [-0.39, 0.29) is 11.5 Å². The Bertz CT molecular complexity index is 358. The van der Waals surface area contributed by atoms with Crippen LogP contribution in [0.5, 0.6) is 0 Å². The van der Waals surface area contributed by atoms with Gasteiger partial charge in [0, 0.05) is 18.0 Å². The van der Waals surface area contributed by atoms with Crippen molar-refractivity contribution in [3.05, 3.63) is 12.7 Å². The second-order valence-corrected chi connectivity index (χ2v) is 7.17. The summed E-state index contributed by atoms with van der Waals surface area (Å²) in [7, 11) is 1.99. The van der Waals surface area contributed by atoms with Crippen LogP contribution in [0.25, 0.3) is 0 Å². The molecule has 2 rings (SSSR count). The molecular formula is C16H28N2O. The highest BCUT2D eigenvalue weighted by Crippen LogP contribution is 2.44. The molecule has 0 aromatic carbocycles. The van der Waals surface area contributed by atoms with Crippen molar-refractivity contribution in [1.29, 1.82) is 0 Å². The van der Waals surface area contributed by atoms with Gasteiger partial charge in [-0.2, -0.15) is 0 Å². The van der Waals surface area contributed by atoms with E-state index in [0.29, 0.717) is 23.7 Å². The molecule has 0 radical (unpaired) electrons. The largest absolute Gasteiger partial charge is 0.337 e. The lowest BCUT2D eigenvalue weighted by molar-refractivity contribution is -0.135. The topological polar surface area (TPSA) is 32.3 Å². The lowest BCUT2D eigenvalue weighted by atomic mass is 9.69. The summed E-state index contributed by atoms with van der Waals surface area (Å²) < 4.78 is 0. The van der Waals surface area contributed by atoms with Crippen molar-refractivity contribution < 1.29 is 4.79 Å². The molecule has 1 saturated heterocycles. The minimum atomic E-state index is -0.0450. The van der Waals surface area contributed by atoms with Crippen molar-refractivity contribution >= 4 is 5.91 Å². The third-order valence-electron chi connectivity index (χ3n) is 4.89. The molecule has 0 bridgehead atoms. The predicted molar refractivity (Wildman–Crippen MR) is 78.8 cm³/mol. The molecule has 1 heterocycles. The van der Waals surface area contributed by atoms with E-state index in [0.717, 1.165) is 25.9 Å². The van der Waals surface area contributed by atoms with Gasteiger partial charge in [-0.25, -0.2) is 0 Å². The van der Waals surface area contributed by atoms with Crippen molar-refractivity contribution in [2.45, 2.75) is 39.2 Å². The Labute approximate surface area is 117 Å². The smallest absolute Gasteiger partial charge is 0.226 e. The van der Waals surface area contributed by atoms with Gasteiger partial charge in [0.1, 0.15) is 0 Å². The first-order valence-corrected chi connectivity index (χ1v) is 7.47. The average Bonchev–Trinajstić information content (AvgIpc) is 2.66. The summed E-state index contributed by atoms with van der Waals surface area (Å²) in [4.78, 5) is 14.7. The molecule has 3 nitrogen and oxygen atoms in total.